The lowest BCUT2D eigenvalue weighted by atomic mass is 9.46. The molecule has 3 N–H and O–H groups in total. The second-order valence-electron chi connectivity index (χ2n) is 13.5. The zero-order chi connectivity index (χ0) is 27.7. The zero-order valence-corrected chi connectivity index (χ0v) is 23.4. The molecule has 5 aliphatic carbocycles. The lowest BCUT2D eigenvalue weighted by Gasteiger charge is -2.59. The van der Waals surface area contributed by atoms with Crippen LogP contribution in [0.15, 0.2) is 23.8 Å². The van der Waals surface area contributed by atoms with Gasteiger partial charge in [-0.25, -0.2) is 0 Å². The molecule has 1 aliphatic heterocycles. The molecule has 1 heterocycles. The van der Waals surface area contributed by atoms with Crippen molar-refractivity contribution in [3.05, 3.63) is 23.8 Å². The van der Waals surface area contributed by atoms with Gasteiger partial charge in [-0.2, -0.15) is 0 Å². The Morgan fingerprint density at radius 2 is 1.95 bits per heavy atom. The number of nitrogens with two attached hydrogens (primary N) is 1. The van der Waals surface area contributed by atoms with Gasteiger partial charge in [0, 0.05) is 22.7 Å². The normalized spacial score (nSPS) is 46.0. The van der Waals surface area contributed by atoms with E-state index < -0.39 is 53.5 Å². The van der Waals surface area contributed by atoms with Crippen LogP contribution < -0.4 is 5.73 Å². The summed E-state index contributed by atoms with van der Waals surface area (Å²) < 4.78 is 18.9. The molecule has 10 atom stereocenters. The highest BCUT2D eigenvalue weighted by Crippen LogP contribution is 2.70. The third kappa shape index (κ3) is 3.96. The highest BCUT2D eigenvalue weighted by atomic mass is 16.7. The molecule has 6 rings (SSSR count). The number of allylic oxidation sites excluding steroid dienone is 4. The van der Waals surface area contributed by atoms with E-state index in [9.17, 15) is 19.5 Å². The van der Waals surface area contributed by atoms with Crippen LogP contribution in [0.3, 0.4) is 0 Å². The van der Waals surface area contributed by atoms with E-state index in [0.29, 0.717) is 12.8 Å². The van der Waals surface area contributed by atoms with Crippen molar-refractivity contribution in [1.82, 2.24) is 0 Å². The van der Waals surface area contributed by atoms with Crippen LogP contribution in [0.2, 0.25) is 0 Å². The third-order valence-corrected chi connectivity index (χ3v) is 11.4. The van der Waals surface area contributed by atoms with Gasteiger partial charge < -0.3 is 25.1 Å². The average Bonchev–Trinajstić information content (AvgIpc) is 3.41. The minimum atomic E-state index is -1.29. The molecule has 0 amide bonds. The van der Waals surface area contributed by atoms with Crippen LogP contribution in [0.4, 0.5) is 0 Å². The van der Waals surface area contributed by atoms with Gasteiger partial charge in [0.25, 0.3) is 0 Å². The highest BCUT2D eigenvalue weighted by Gasteiger charge is 2.76. The SMILES string of the molecule is C[C@@H](N)C(=O)OCC(=O)[C@@]12O[C@H](C3CCCCC3)O[C@@H]1C[C@H]1[C@@H]3CCC4=CC(=O)C=C[C@]4(C)[C@H]3[C@@H](O)C[C@@]12C. The second-order valence-corrected chi connectivity index (χ2v) is 13.5. The molecule has 39 heavy (non-hydrogen) atoms. The molecule has 0 aromatic rings. The summed E-state index contributed by atoms with van der Waals surface area (Å²) in [6.07, 6.45) is 11.9. The van der Waals surface area contributed by atoms with Crippen LogP contribution in [0, 0.1) is 34.5 Å². The lowest BCUT2D eigenvalue weighted by molar-refractivity contribution is -0.210. The molecule has 214 valence electrons. The van der Waals surface area contributed by atoms with Gasteiger partial charge in [-0.15, -0.1) is 0 Å². The molecular weight excluding hydrogens is 498 g/mol. The molecule has 8 heteroatoms. The Bertz CT molecular complexity index is 1110. The molecule has 1 saturated heterocycles. The number of ether oxygens (including phenoxy) is 3. The van der Waals surface area contributed by atoms with Gasteiger partial charge in [-0.1, -0.05) is 44.8 Å². The Labute approximate surface area is 230 Å². The number of fused-ring (bicyclic) bond motifs is 7. The number of hydrogen-bond acceptors (Lipinski definition) is 8. The van der Waals surface area contributed by atoms with Crippen molar-refractivity contribution in [2.24, 2.45) is 40.2 Å². The minimum Gasteiger partial charge on any atom is -0.456 e. The van der Waals surface area contributed by atoms with E-state index in [1.807, 2.05) is 6.08 Å². The fourth-order valence-electron chi connectivity index (χ4n) is 9.59. The molecular formula is C31H43NO7. The van der Waals surface area contributed by atoms with Gasteiger partial charge >= 0.3 is 5.97 Å². The van der Waals surface area contributed by atoms with E-state index in [2.05, 4.69) is 13.8 Å². The Morgan fingerprint density at radius 1 is 1.21 bits per heavy atom. The number of ketones is 2. The monoisotopic (exact) mass is 541 g/mol. The van der Waals surface area contributed by atoms with Crippen molar-refractivity contribution >= 4 is 17.5 Å². The third-order valence-electron chi connectivity index (χ3n) is 11.4. The van der Waals surface area contributed by atoms with Crippen LogP contribution in [-0.4, -0.2) is 59.4 Å². The molecule has 5 fully saturated rings. The Morgan fingerprint density at radius 3 is 2.67 bits per heavy atom. The highest BCUT2D eigenvalue weighted by molar-refractivity contribution is 6.01. The van der Waals surface area contributed by atoms with E-state index in [0.717, 1.165) is 44.1 Å². The van der Waals surface area contributed by atoms with Crippen molar-refractivity contribution in [3.63, 3.8) is 0 Å². The molecule has 0 aromatic carbocycles. The number of aliphatic hydroxyl groups excluding tert-OH is 1. The van der Waals surface area contributed by atoms with E-state index >= 15 is 0 Å². The molecule has 4 saturated carbocycles. The minimum absolute atomic E-state index is 0.00732. The molecule has 6 aliphatic rings. The smallest absolute Gasteiger partial charge is 0.323 e. The fraction of sp³-hybridized carbons (Fsp3) is 0.774. The fourth-order valence-corrected chi connectivity index (χ4v) is 9.59. The quantitative estimate of drug-likeness (QED) is 0.508. The number of carbonyl (C=O) groups excluding carboxylic acids is 3. The predicted molar refractivity (Wildman–Crippen MR) is 142 cm³/mol. The van der Waals surface area contributed by atoms with Crippen molar-refractivity contribution < 1.29 is 33.7 Å². The van der Waals surface area contributed by atoms with E-state index in [1.54, 1.807) is 12.2 Å². The van der Waals surface area contributed by atoms with Gasteiger partial charge in [0.15, 0.2) is 24.3 Å². The zero-order valence-electron chi connectivity index (χ0n) is 23.4. The van der Waals surface area contributed by atoms with Gasteiger partial charge in [0.05, 0.1) is 12.2 Å². The van der Waals surface area contributed by atoms with Crippen LogP contribution in [0.1, 0.15) is 78.6 Å². The maximum atomic E-state index is 14.2. The lowest BCUT2D eigenvalue weighted by Crippen LogP contribution is -2.64. The van der Waals surface area contributed by atoms with Crippen molar-refractivity contribution in [2.75, 3.05) is 6.61 Å². The number of esters is 1. The maximum Gasteiger partial charge on any atom is 0.323 e. The summed E-state index contributed by atoms with van der Waals surface area (Å²) in [6, 6.07) is -0.827. The van der Waals surface area contributed by atoms with Crippen LogP contribution in [0.5, 0.6) is 0 Å². The second kappa shape index (κ2) is 9.61. The molecule has 0 unspecified atom stereocenters. The van der Waals surface area contributed by atoms with Crippen LogP contribution >= 0.6 is 0 Å². The van der Waals surface area contributed by atoms with Gasteiger partial charge in [-0.05, 0) is 69.4 Å². The molecule has 0 aromatic heterocycles. The standard InChI is InChI=1S/C31H43NO7/c1-17(32)27(36)37-16-24(35)31-25(38-28(39-31)18-7-5-4-6-8-18)14-22-21-10-9-19-13-20(33)11-12-29(19,2)26(21)23(34)15-30(22,31)3/h11-13,17-18,21-23,25-26,28,34H,4-10,14-16,32H2,1-3H3/t17-,21+,22+,23+,25-,26-,28-,29+,30+,31-/m1/s1. The predicted octanol–water partition coefficient (Wildman–Crippen LogP) is 3.40. The first-order chi connectivity index (χ1) is 18.5. The van der Waals surface area contributed by atoms with Crippen molar-refractivity contribution in [3.8, 4) is 0 Å². The van der Waals surface area contributed by atoms with Crippen LogP contribution in [-0.2, 0) is 28.6 Å². The topological polar surface area (TPSA) is 125 Å². The molecule has 0 bridgehead atoms. The summed E-state index contributed by atoms with van der Waals surface area (Å²) in [6.45, 7) is 5.34. The number of aliphatic hydroxyl groups is 1. The summed E-state index contributed by atoms with van der Waals surface area (Å²) >= 11 is 0. The van der Waals surface area contributed by atoms with E-state index in [1.165, 1.54) is 13.3 Å². The summed E-state index contributed by atoms with van der Waals surface area (Å²) in [5.74, 6) is -0.512. The van der Waals surface area contributed by atoms with Gasteiger partial charge in [0.1, 0.15) is 6.04 Å². The summed E-state index contributed by atoms with van der Waals surface area (Å²) in [5, 5.41) is 11.9. The molecule has 8 nitrogen and oxygen atoms in total. The van der Waals surface area contributed by atoms with Crippen molar-refractivity contribution in [2.45, 2.75) is 109 Å². The maximum absolute atomic E-state index is 14.2. The number of hydrogen-bond donors (Lipinski definition) is 2. The summed E-state index contributed by atoms with van der Waals surface area (Å²) in [4.78, 5) is 38.6. The Kier molecular flexibility index (Phi) is 6.73. The first kappa shape index (κ1) is 27.3. The summed E-state index contributed by atoms with van der Waals surface area (Å²) in [5.41, 5.74) is 4.41. The largest absolute Gasteiger partial charge is 0.456 e. The van der Waals surface area contributed by atoms with E-state index in [-0.39, 0.29) is 35.2 Å². The first-order valence-electron chi connectivity index (χ1n) is 14.9. The number of rotatable bonds is 5. The number of carbonyl (C=O) groups is 3. The molecule has 0 spiro atoms. The van der Waals surface area contributed by atoms with Crippen LogP contribution in [0.25, 0.3) is 0 Å². The average molecular weight is 542 g/mol. The first-order valence-corrected chi connectivity index (χ1v) is 14.9. The number of Topliss-reactive ketones (excluding diaryl/α,β-unsaturated/α-hetero) is 1. The Hall–Kier alpha value is -1.87. The Balaban J connectivity index is 1.35. The summed E-state index contributed by atoms with van der Waals surface area (Å²) in [7, 11) is 0. The van der Waals surface area contributed by atoms with Gasteiger partial charge in [-0.3, -0.25) is 14.4 Å². The molecule has 0 radical (unpaired) electrons. The van der Waals surface area contributed by atoms with E-state index in [4.69, 9.17) is 19.9 Å². The van der Waals surface area contributed by atoms with Gasteiger partial charge in [0.2, 0.25) is 5.78 Å². The van der Waals surface area contributed by atoms with Crippen molar-refractivity contribution in [1.29, 1.82) is 0 Å².